The molecule has 0 saturated heterocycles. The Kier molecular flexibility index (Phi) is 14.9. The first-order valence-corrected chi connectivity index (χ1v) is 10.1. The van der Waals surface area contributed by atoms with E-state index >= 15 is 0 Å². The van der Waals surface area contributed by atoms with E-state index in [1.54, 1.807) is 21.6 Å². The molecule has 134 valence electrons. The molecule has 0 heterocycles. The second-order valence-electron chi connectivity index (χ2n) is 4.96. The summed E-state index contributed by atoms with van der Waals surface area (Å²) in [6.45, 7) is 11.9. The van der Waals surface area contributed by atoms with Crippen molar-refractivity contribution in [3.63, 3.8) is 0 Å². The molecule has 0 spiro atoms. The molecular formula is C16H29NO4S2. The number of ether oxygens (including phenoxy) is 3. The minimum atomic E-state index is -0.161. The molecule has 0 aliphatic rings. The molecule has 0 bridgehead atoms. The zero-order valence-electron chi connectivity index (χ0n) is 14.7. The van der Waals surface area contributed by atoms with Gasteiger partial charge in [-0.1, -0.05) is 47.3 Å². The standard InChI is InChI=1S/C16H29NO4S2/c1-6-20-14(4)22-23-15(5)21-11-10-19-12-16(18)17-9-7-8-13(2)3/h13-15H,6,9-12H2,1-5H3,(H,17,18). The monoisotopic (exact) mass is 363 g/mol. The Morgan fingerprint density at radius 2 is 1.74 bits per heavy atom. The number of amides is 1. The molecular weight excluding hydrogens is 334 g/mol. The number of carbonyl (C=O) groups is 1. The van der Waals surface area contributed by atoms with Gasteiger partial charge in [-0.2, -0.15) is 0 Å². The molecule has 1 N–H and O–H groups in total. The van der Waals surface area contributed by atoms with Crippen LogP contribution in [0.1, 0.15) is 34.6 Å². The van der Waals surface area contributed by atoms with Crippen LogP contribution in [0.15, 0.2) is 0 Å². The Labute approximate surface area is 148 Å². The van der Waals surface area contributed by atoms with Crippen molar-refractivity contribution in [3.05, 3.63) is 0 Å². The van der Waals surface area contributed by atoms with Crippen molar-refractivity contribution in [2.75, 3.05) is 33.0 Å². The van der Waals surface area contributed by atoms with E-state index in [-0.39, 0.29) is 23.4 Å². The molecule has 0 fully saturated rings. The predicted molar refractivity (Wildman–Crippen MR) is 98.1 cm³/mol. The van der Waals surface area contributed by atoms with Crippen molar-refractivity contribution in [2.45, 2.75) is 45.5 Å². The Bertz CT molecular complexity index is 369. The summed E-state index contributed by atoms with van der Waals surface area (Å²) in [6, 6.07) is 0. The molecule has 0 rings (SSSR count). The molecule has 2 atom stereocenters. The summed E-state index contributed by atoms with van der Waals surface area (Å²) in [7, 11) is 3.27. The molecule has 0 aliphatic carbocycles. The first-order chi connectivity index (χ1) is 11.0. The van der Waals surface area contributed by atoms with E-state index < -0.39 is 0 Å². The van der Waals surface area contributed by atoms with E-state index in [2.05, 4.69) is 17.2 Å². The van der Waals surface area contributed by atoms with Crippen molar-refractivity contribution >= 4 is 27.5 Å². The quantitative estimate of drug-likeness (QED) is 0.249. The normalized spacial score (nSPS) is 13.3. The number of carbonyl (C=O) groups excluding carboxylic acids is 1. The molecule has 5 nitrogen and oxygen atoms in total. The van der Waals surface area contributed by atoms with Gasteiger partial charge in [-0.05, 0) is 20.8 Å². The van der Waals surface area contributed by atoms with Crippen LogP contribution in [-0.2, 0) is 19.0 Å². The zero-order valence-corrected chi connectivity index (χ0v) is 16.4. The number of rotatable bonds is 12. The second-order valence-corrected chi connectivity index (χ2v) is 7.83. The topological polar surface area (TPSA) is 56.8 Å². The molecule has 2 unspecified atom stereocenters. The minimum absolute atomic E-state index is 0.0321. The fourth-order valence-corrected chi connectivity index (χ4v) is 3.26. The highest BCUT2D eigenvalue weighted by molar-refractivity contribution is 8.77. The van der Waals surface area contributed by atoms with Gasteiger partial charge in [0.05, 0.1) is 19.8 Å². The summed E-state index contributed by atoms with van der Waals surface area (Å²) in [4.78, 5) is 11.5. The van der Waals surface area contributed by atoms with Gasteiger partial charge in [-0.15, -0.1) is 0 Å². The SMILES string of the molecule is CCOC(C)SSC(C)OCCOCC(=O)NCC#CC(C)C. The van der Waals surface area contributed by atoms with Crippen LogP contribution in [0.3, 0.4) is 0 Å². The van der Waals surface area contributed by atoms with Gasteiger partial charge >= 0.3 is 0 Å². The highest BCUT2D eigenvalue weighted by Crippen LogP contribution is 2.31. The molecule has 0 saturated carbocycles. The van der Waals surface area contributed by atoms with Gasteiger partial charge < -0.3 is 19.5 Å². The van der Waals surface area contributed by atoms with Gasteiger partial charge in [0.25, 0.3) is 0 Å². The maximum Gasteiger partial charge on any atom is 0.246 e. The molecule has 0 aromatic rings. The first-order valence-electron chi connectivity index (χ1n) is 7.83. The van der Waals surface area contributed by atoms with E-state index in [1.807, 2.05) is 34.6 Å². The van der Waals surface area contributed by atoms with Crippen LogP contribution in [0.4, 0.5) is 0 Å². The van der Waals surface area contributed by atoms with E-state index in [4.69, 9.17) is 14.2 Å². The summed E-state index contributed by atoms with van der Waals surface area (Å²) in [5, 5.41) is 2.68. The highest BCUT2D eigenvalue weighted by Gasteiger charge is 2.08. The van der Waals surface area contributed by atoms with Crippen molar-refractivity contribution in [3.8, 4) is 11.8 Å². The predicted octanol–water partition coefficient (Wildman–Crippen LogP) is 2.91. The largest absolute Gasteiger partial charge is 0.369 e. The molecule has 0 aliphatic heterocycles. The Balaban J connectivity index is 3.50. The fraction of sp³-hybridized carbons (Fsp3) is 0.812. The summed E-state index contributed by atoms with van der Waals surface area (Å²) < 4.78 is 16.3. The average Bonchev–Trinajstić information content (AvgIpc) is 2.49. The molecule has 1 amide bonds. The molecule has 7 heteroatoms. The Hall–Kier alpha value is -0.390. The smallest absolute Gasteiger partial charge is 0.246 e. The van der Waals surface area contributed by atoms with Gasteiger partial charge in [0.2, 0.25) is 5.91 Å². The van der Waals surface area contributed by atoms with Crippen molar-refractivity contribution < 1.29 is 19.0 Å². The Morgan fingerprint density at radius 1 is 1.09 bits per heavy atom. The van der Waals surface area contributed by atoms with Gasteiger partial charge in [-0.25, -0.2) is 0 Å². The molecule has 0 aromatic heterocycles. The van der Waals surface area contributed by atoms with E-state index in [0.717, 1.165) is 0 Å². The van der Waals surface area contributed by atoms with Crippen molar-refractivity contribution in [2.24, 2.45) is 5.92 Å². The number of nitrogens with one attached hydrogen (secondary N) is 1. The van der Waals surface area contributed by atoms with Crippen molar-refractivity contribution in [1.82, 2.24) is 5.32 Å². The Morgan fingerprint density at radius 3 is 2.35 bits per heavy atom. The fourth-order valence-electron chi connectivity index (χ4n) is 1.33. The maximum atomic E-state index is 11.5. The van der Waals surface area contributed by atoms with Gasteiger partial charge in [0.15, 0.2) is 0 Å². The highest BCUT2D eigenvalue weighted by atomic mass is 33.1. The van der Waals surface area contributed by atoms with Crippen LogP contribution < -0.4 is 5.32 Å². The molecule has 0 aromatic carbocycles. The van der Waals surface area contributed by atoms with Crippen LogP contribution in [0.2, 0.25) is 0 Å². The lowest BCUT2D eigenvalue weighted by Crippen LogP contribution is -2.28. The van der Waals surface area contributed by atoms with Gasteiger partial charge in [-0.3, -0.25) is 4.79 Å². The molecule has 0 radical (unpaired) electrons. The van der Waals surface area contributed by atoms with Crippen LogP contribution in [0.25, 0.3) is 0 Å². The average molecular weight is 364 g/mol. The van der Waals surface area contributed by atoms with Crippen LogP contribution in [-0.4, -0.2) is 49.8 Å². The van der Waals surface area contributed by atoms with Gasteiger partial charge in [0.1, 0.15) is 17.5 Å². The van der Waals surface area contributed by atoms with Crippen LogP contribution in [0, 0.1) is 17.8 Å². The lowest BCUT2D eigenvalue weighted by Gasteiger charge is -2.15. The second kappa shape index (κ2) is 15.2. The zero-order chi connectivity index (χ0) is 17.5. The first kappa shape index (κ1) is 22.6. The van der Waals surface area contributed by atoms with Crippen LogP contribution >= 0.6 is 21.6 Å². The summed E-state index contributed by atoms with van der Waals surface area (Å²) >= 11 is 0. The third kappa shape index (κ3) is 16.3. The van der Waals surface area contributed by atoms with E-state index in [0.29, 0.717) is 32.3 Å². The van der Waals surface area contributed by atoms with Gasteiger partial charge in [0, 0.05) is 12.5 Å². The molecule has 23 heavy (non-hydrogen) atoms. The third-order valence-electron chi connectivity index (χ3n) is 2.31. The van der Waals surface area contributed by atoms with E-state index in [9.17, 15) is 4.79 Å². The number of hydrogen-bond donors (Lipinski definition) is 1. The minimum Gasteiger partial charge on any atom is -0.369 e. The lowest BCUT2D eigenvalue weighted by molar-refractivity contribution is -0.126. The van der Waals surface area contributed by atoms with Crippen molar-refractivity contribution in [1.29, 1.82) is 0 Å². The summed E-state index contributed by atoms with van der Waals surface area (Å²) in [5.41, 5.74) is 0.196. The van der Waals surface area contributed by atoms with E-state index in [1.165, 1.54) is 0 Å². The maximum absolute atomic E-state index is 11.5. The summed E-state index contributed by atoms with van der Waals surface area (Å²) in [6.07, 6.45) is 0. The van der Waals surface area contributed by atoms with Crippen LogP contribution in [0.5, 0.6) is 0 Å². The summed E-state index contributed by atoms with van der Waals surface area (Å²) in [5.74, 6) is 6.02. The lowest BCUT2D eigenvalue weighted by atomic mass is 10.2. The third-order valence-corrected chi connectivity index (χ3v) is 5.19. The number of hydrogen-bond acceptors (Lipinski definition) is 6.